The lowest BCUT2D eigenvalue weighted by Crippen LogP contribution is -2.39. The summed E-state index contributed by atoms with van der Waals surface area (Å²) in [6.07, 6.45) is 13.2. The van der Waals surface area contributed by atoms with E-state index in [2.05, 4.69) is 32.6 Å². The molecule has 184 valence electrons. The van der Waals surface area contributed by atoms with E-state index < -0.39 is 12.2 Å². The first kappa shape index (κ1) is 24.9. The fourth-order valence-corrected chi connectivity index (χ4v) is 7.49. The summed E-state index contributed by atoms with van der Waals surface area (Å²) >= 11 is 0. The maximum Gasteiger partial charge on any atom is 0.135 e. The highest BCUT2D eigenvalue weighted by Crippen LogP contribution is 2.60. The molecule has 4 aliphatic carbocycles. The van der Waals surface area contributed by atoms with Gasteiger partial charge in [-0.2, -0.15) is 0 Å². The third-order valence-electron chi connectivity index (χ3n) is 10.1. The van der Waals surface area contributed by atoms with Crippen molar-refractivity contribution < 1.29 is 20.1 Å². The first-order valence-corrected chi connectivity index (χ1v) is 13.2. The monoisotopic (exact) mass is 456 g/mol. The Bertz CT molecular complexity index is 835. The molecule has 4 nitrogen and oxygen atoms in total. The zero-order chi connectivity index (χ0) is 24.0. The molecule has 0 saturated heterocycles. The molecule has 0 aromatic carbocycles. The molecule has 4 rings (SSSR count). The Kier molecular flexibility index (Phi) is 7.11. The number of aliphatic hydroxyl groups is 3. The van der Waals surface area contributed by atoms with Crippen molar-refractivity contribution in [3.63, 3.8) is 0 Å². The number of hydrogen-bond donors (Lipinski definition) is 3. The second-order valence-corrected chi connectivity index (χ2v) is 12.0. The minimum atomic E-state index is -0.647. The number of Topliss-reactive ketones (excluding diaryl/α,β-unsaturated/α-hetero) is 1. The van der Waals surface area contributed by atoms with Gasteiger partial charge in [-0.3, -0.25) is 4.79 Å². The topological polar surface area (TPSA) is 77.8 Å². The van der Waals surface area contributed by atoms with Crippen LogP contribution in [-0.4, -0.2) is 39.4 Å². The van der Waals surface area contributed by atoms with Crippen LogP contribution >= 0.6 is 0 Å². The van der Waals surface area contributed by atoms with Crippen LogP contribution in [0.2, 0.25) is 0 Å². The van der Waals surface area contributed by atoms with Crippen molar-refractivity contribution in [1.82, 2.24) is 0 Å². The molecular formula is C29H44O4. The van der Waals surface area contributed by atoms with Crippen LogP contribution in [0.1, 0.15) is 91.4 Å². The largest absolute Gasteiger partial charge is 0.393 e. The lowest BCUT2D eigenvalue weighted by molar-refractivity contribution is -0.122. The molecule has 0 spiro atoms. The molecule has 0 unspecified atom stereocenters. The van der Waals surface area contributed by atoms with Gasteiger partial charge >= 0.3 is 0 Å². The zero-order valence-corrected chi connectivity index (χ0v) is 20.9. The van der Waals surface area contributed by atoms with E-state index >= 15 is 0 Å². The number of ketones is 1. The lowest BCUT2D eigenvalue weighted by atomic mass is 9.60. The molecule has 0 aliphatic heterocycles. The number of rotatable bonds is 7. The van der Waals surface area contributed by atoms with Crippen LogP contribution in [0.5, 0.6) is 0 Å². The molecule has 4 aliphatic rings. The van der Waals surface area contributed by atoms with E-state index in [4.69, 9.17) is 0 Å². The van der Waals surface area contributed by atoms with Crippen molar-refractivity contribution in [1.29, 1.82) is 0 Å². The Balaban J connectivity index is 1.45. The van der Waals surface area contributed by atoms with Crippen LogP contribution in [0.15, 0.2) is 35.5 Å². The van der Waals surface area contributed by atoms with Gasteiger partial charge in [0.15, 0.2) is 0 Å². The SMILES string of the molecule is C=C1/C(=C\C=C2/CCC[C@]3(C)[C@@H]([C@H](C)[C@@H](O)CCC4(C(C)=O)CC4)CC[C@@H]23)C[C@@H](O)C[C@@H]1O. The van der Waals surface area contributed by atoms with Gasteiger partial charge in [0.25, 0.3) is 0 Å². The van der Waals surface area contributed by atoms with Gasteiger partial charge in [-0.1, -0.05) is 38.2 Å². The lowest BCUT2D eigenvalue weighted by Gasteiger charge is -2.45. The average Bonchev–Trinajstić information content (AvgIpc) is 3.48. The fraction of sp³-hybridized carbons (Fsp3) is 0.759. The Hall–Kier alpha value is -1.23. The number of carbonyl (C=O) groups excluding carboxylic acids is 1. The van der Waals surface area contributed by atoms with E-state index in [1.807, 2.05) is 0 Å². The summed E-state index contributed by atoms with van der Waals surface area (Å²) in [5.74, 6) is 1.56. The van der Waals surface area contributed by atoms with Crippen LogP contribution in [0.25, 0.3) is 0 Å². The summed E-state index contributed by atoms with van der Waals surface area (Å²) in [5.41, 5.74) is 3.27. The number of fused-ring (bicyclic) bond motifs is 1. The molecule has 4 saturated carbocycles. The normalized spacial score (nSPS) is 40.0. The third kappa shape index (κ3) is 4.81. The van der Waals surface area contributed by atoms with Crippen LogP contribution in [0, 0.1) is 28.6 Å². The van der Waals surface area contributed by atoms with Crippen molar-refractivity contribution in [3.8, 4) is 0 Å². The van der Waals surface area contributed by atoms with Crippen molar-refractivity contribution in [2.45, 2.75) is 110 Å². The van der Waals surface area contributed by atoms with Gasteiger partial charge in [-0.05, 0) is 105 Å². The predicted octanol–water partition coefficient (Wildman–Crippen LogP) is 5.27. The van der Waals surface area contributed by atoms with E-state index in [1.165, 1.54) is 18.4 Å². The predicted molar refractivity (Wildman–Crippen MR) is 131 cm³/mol. The average molecular weight is 457 g/mol. The van der Waals surface area contributed by atoms with Crippen LogP contribution in [0.3, 0.4) is 0 Å². The van der Waals surface area contributed by atoms with Gasteiger partial charge in [0.05, 0.1) is 18.3 Å². The molecule has 33 heavy (non-hydrogen) atoms. The van der Waals surface area contributed by atoms with Gasteiger partial charge < -0.3 is 15.3 Å². The van der Waals surface area contributed by atoms with E-state index in [1.54, 1.807) is 6.92 Å². The maximum atomic E-state index is 11.9. The summed E-state index contributed by atoms with van der Waals surface area (Å²) in [7, 11) is 0. The molecule has 4 heteroatoms. The second kappa shape index (κ2) is 9.43. The smallest absolute Gasteiger partial charge is 0.135 e. The van der Waals surface area contributed by atoms with Crippen molar-refractivity contribution in [2.24, 2.45) is 28.6 Å². The fourth-order valence-electron chi connectivity index (χ4n) is 7.49. The molecular weight excluding hydrogens is 412 g/mol. The van der Waals surface area contributed by atoms with Crippen molar-refractivity contribution in [2.75, 3.05) is 0 Å². The number of allylic oxidation sites excluding steroid dienone is 3. The summed E-state index contributed by atoms with van der Waals surface area (Å²) in [4.78, 5) is 11.9. The van der Waals surface area contributed by atoms with Crippen molar-refractivity contribution in [3.05, 3.63) is 35.5 Å². The van der Waals surface area contributed by atoms with Crippen LogP contribution in [-0.2, 0) is 4.79 Å². The maximum absolute atomic E-state index is 11.9. The highest BCUT2D eigenvalue weighted by molar-refractivity contribution is 5.84. The Labute approximate surface area is 199 Å². The second-order valence-electron chi connectivity index (χ2n) is 12.0. The van der Waals surface area contributed by atoms with Gasteiger partial charge in [-0.25, -0.2) is 0 Å². The summed E-state index contributed by atoms with van der Waals surface area (Å²) in [6.45, 7) is 10.4. The standard InChI is InChI=1S/C29H44O4/c1-18-22(16-23(31)17-27(18)33)8-7-21-6-5-12-28(4)24(9-10-25(21)28)19(2)26(32)11-13-29(14-15-29)20(3)30/h7-8,19,23-27,31-33H,1,5-6,9-17H2,2-4H3/b21-7+,22-8-/t19-,23+,24+,25-,26-,27-,28+/m0/s1. The quantitative estimate of drug-likeness (QED) is 0.487. The van der Waals surface area contributed by atoms with Crippen LogP contribution in [0.4, 0.5) is 0 Å². The highest BCUT2D eigenvalue weighted by atomic mass is 16.3. The van der Waals surface area contributed by atoms with Gasteiger partial charge in [0.2, 0.25) is 0 Å². The molecule has 0 aromatic heterocycles. The molecule has 0 radical (unpaired) electrons. The highest BCUT2D eigenvalue weighted by Gasteiger charge is 2.52. The molecule has 3 N–H and O–H groups in total. The van der Waals surface area contributed by atoms with E-state index in [-0.39, 0.29) is 22.9 Å². The summed E-state index contributed by atoms with van der Waals surface area (Å²) in [5, 5.41) is 31.3. The van der Waals surface area contributed by atoms with Crippen LogP contribution < -0.4 is 0 Å². The van der Waals surface area contributed by atoms with Crippen molar-refractivity contribution >= 4 is 5.78 Å². The summed E-state index contributed by atoms with van der Waals surface area (Å²) in [6, 6.07) is 0. The van der Waals surface area contributed by atoms with E-state index in [0.717, 1.165) is 56.1 Å². The molecule has 0 aromatic rings. The van der Waals surface area contributed by atoms with E-state index in [9.17, 15) is 20.1 Å². The Morgan fingerprint density at radius 3 is 2.61 bits per heavy atom. The Morgan fingerprint density at radius 2 is 1.94 bits per heavy atom. The molecule has 0 amide bonds. The number of hydrogen-bond acceptors (Lipinski definition) is 4. The third-order valence-corrected chi connectivity index (χ3v) is 10.1. The molecule has 7 atom stereocenters. The minimum Gasteiger partial charge on any atom is -0.393 e. The summed E-state index contributed by atoms with van der Waals surface area (Å²) < 4.78 is 0. The van der Waals surface area contributed by atoms with Gasteiger partial charge in [0, 0.05) is 11.8 Å². The van der Waals surface area contributed by atoms with E-state index in [0.29, 0.717) is 30.5 Å². The zero-order valence-electron chi connectivity index (χ0n) is 20.9. The minimum absolute atomic E-state index is 0.124. The first-order valence-electron chi connectivity index (χ1n) is 13.2. The molecule has 4 fully saturated rings. The first-order chi connectivity index (χ1) is 15.6. The number of carbonyl (C=O) groups is 1. The van der Waals surface area contributed by atoms with Gasteiger partial charge in [-0.15, -0.1) is 0 Å². The van der Waals surface area contributed by atoms with Gasteiger partial charge in [0.1, 0.15) is 5.78 Å². The molecule has 0 heterocycles. The Morgan fingerprint density at radius 1 is 1.21 bits per heavy atom. The molecule has 0 bridgehead atoms. The number of aliphatic hydroxyl groups excluding tert-OH is 3.